The molecule has 0 radical (unpaired) electrons. The summed E-state index contributed by atoms with van der Waals surface area (Å²) in [6.45, 7) is 10.5. The van der Waals surface area contributed by atoms with E-state index in [0.29, 0.717) is 30.2 Å². The van der Waals surface area contributed by atoms with Gasteiger partial charge in [-0.3, -0.25) is 4.90 Å². The lowest BCUT2D eigenvalue weighted by molar-refractivity contribution is 0.0435. The number of halogens is 1. The Labute approximate surface area is 212 Å². The summed E-state index contributed by atoms with van der Waals surface area (Å²) in [5, 5.41) is 0. The maximum absolute atomic E-state index is 14.0. The Morgan fingerprint density at radius 3 is 2.44 bits per heavy atom. The quantitative estimate of drug-likeness (QED) is 0.341. The van der Waals surface area contributed by atoms with E-state index >= 15 is 0 Å². The maximum Gasteiger partial charge on any atom is 0.132 e. The van der Waals surface area contributed by atoms with Crippen LogP contribution in [0, 0.1) is 12.7 Å². The Morgan fingerprint density at radius 2 is 1.78 bits per heavy atom. The van der Waals surface area contributed by atoms with Gasteiger partial charge in [-0.15, -0.1) is 0 Å². The largest absolute Gasteiger partial charge is 0.494 e. The van der Waals surface area contributed by atoms with Crippen LogP contribution in [-0.2, 0) is 18.6 Å². The molecule has 1 unspecified atom stereocenters. The lowest BCUT2D eigenvalue weighted by Crippen LogP contribution is -2.49. The number of hydrogen-bond acceptors (Lipinski definition) is 4. The van der Waals surface area contributed by atoms with Crippen molar-refractivity contribution in [2.75, 3.05) is 12.3 Å². The van der Waals surface area contributed by atoms with Crippen LogP contribution in [0.25, 0.3) is 11.3 Å². The number of imidazole rings is 1. The molecule has 1 aromatic heterocycles. The molecule has 5 nitrogen and oxygen atoms in total. The Balaban J connectivity index is 1.59. The molecule has 0 bridgehead atoms. The number of fused-ring (bicyclic) bond motifs is 1. The van der Waals surface area contributed by atoms with E-state index in [4.69, 9.17) is 15.5 Å². The van der Waals surface area contributed by atoms with Crippen molar-refractivity contribution in [1.82, 2.24) is 14.5 Å². The van der Waals surface area contributed by atoms with Gasteiger partial charge in [0, 0.05) is 12.1 Å². The molecule has 2 heterocycles. The molecule has 186 valence electrons. The van der Waals surface area contributed by atoms with Gasteiger partial charge < -0.3 is 15.0 Å². The van der Waals surface area contributed by atoms with Crippen LogP contribution in [0.15, 0.2) is 72.8 Å². The Morgan fingerprint density at radius 1 is 1.06 bits per heavy atom. The second kappa shape index (κ2) is 9.43. The van der Waals surface area contributed by atoms with E-state index in [1.54, 1.807) is 6.07 Å². The second-order valence-corrected chi connectivity index (χ2v) is 10.1. The van der Waals surface area contributed by atoms with Crippen molar-refractivity contribution in [3.8, 4) is 17.0 Å². The summed E-state index contributed by atoms with van der Waals surface area (Å²) in [5.41, 5.74) is 11.3. The summed E-state index contributed by atoms with van der Waals surface area (Å²) in [5.74, 6) is 2.02. The average molecular weight is 485 g/mol. The van der Waals surface area contributed by atoms with Gasteiger partial charge in [0.2, 0.25) is 0 Å². The molecule has 36 heavy (non-hydrogen) atoms. The number of aromatic nitrogens is 2. The van der Waals surface area contributed by atoms with E-state index in [1.807, 2.05) is 25.1 Å². The van der Waals surface area contributed by atoms with Crippen LogP contribution in [-0.4, -0.2) is 21.1 Å². The first kappa shape index (κ1) is 24.1. The molecule has 4 aromatic rings. The molecule has 0 aliphatic carbocycles. The highest BCUT2D eigenvalue weighted by Crippen LogP contribution is 2.46. The molecule has 1 aliphatic rings. The molecular formula is C30H33FN4O. The number of rotatable bonds is 6. The van der Waals surface area contributed by atoms with Crippen LogP contribution in [0.1, 0.15) is 49.3 Å². The van der Waals surface area contributed by atoms with E-state index in [2.05, 4.69) is 66.6 Å². The monoisotopic (exact) mass is 484 g/mol. The van der Waals surface area contributed by atoms with Gasteiger partial charge in [0.15, 0.2) is 0 Å². The molecular weight excluding hydrogens is 451 g/mol. The van der Waals surface area contributed by atoms with E-state index in [1.165, 1.54) is 28.8 Å². The summed E-state index contributed by atoms with van der Waals surface area (Å²) >= 11 is 0. The van der Waals surface area contributed by atoms with Crippen molar-refractivity contribution < 1.29 is 9.13 Å². The van der Waals surface area contributed by atoms with Gasteiger partial charge in [-0.2, -0.15) is 0 Å². The van der Waals surface area contributed by atoms with Gasteiger partial charge >= 0.3 is 0 Å². The molecule has 1 atom stereocenters. The Bertz CT molecular complexity index is 1360. The van der Waals surface area contributed by atoms with Crippen molar-refractivity contribution >= 4 is 5.82 Å². The van der Waals surface area contributed by atoms with Crippen LogP contribution in [0.4, 0.5) is 10.2 Å². The summed E-state index contributed by atoms with van der Waals surface area (Å²) in [7, 11) is 0. The van der Waals surface area contributed by atoms with Gasteiger partial charge in [0.1, 0.15) is 28.9 Å². The minimum Gasteiger partial charge on any atom is -0.494 e. The lowest BCUT2D eigenvalue weighted by atomic mass is 9.84. The highest BCUT2D eigenvalue weighted by Gasteiger charge is 2.44. The highest BCUT2D eigenvalue weighted by molar-refractivity contribution is 5.71. The van der Waals surface area contributed by atoms with Gasteiger partial charge in [-0.05, 0) is 63.1 Å². The average Bonchev–Trinajstić information content (AvgIpc) is 3.18. The topological polar surface area (TPSA) is 56.3 Å². The van der Waals surface area contributed by atoms with Gasteiger partial charge in [-0.25, -0.2) is 9.37 Å². The maximum atomic E-state index is 14.0. The first-order chi connectivity index (χ1) is 17.3. The third-order valence-electron chi connectivity index (χ3n) is 7.05. The number of ether oxygens (including phenoxy) is 1. The van der Waals surface area contributed by atoms with Crippen molar-refractivity contribution in [3.05, 3.63) is 101 Å². The number of nitrogens with two attached hydrogens (primary N) is 1. The van der Waals surface area contributed by atoms with Crippen molar-refractivity contribution in [1.29, 1.82) is 0 Å². The Kier molecular flexibility index (Phi) is 6.31. The first-order valence-electron chi connectivity index (χ1n) is 12.4. The van der Waals surface area contributed by atoms with Crippen molar-refractivity contribution in [3.63, 3.8) is 0 Å². The van der Waals surface area contributed by atoms with Gasteiger partial charge in [0.05, 0.1) is 24.7 Å². The normalized spacial score (nSPS) is 17.1. The summed E-state index contributed by atoms with van der Waals surface area (Å²) in [6, 6.07) is 23.6. The highest BCUT2D eigenvalue weighted by atomic mass is 19.1. The number of aryl methyl sites for hydroxylation is 1. The van der Waals surface area contributed by atoms with E-state index in [0.717, 1.165) is 18.1 Å². The van der Waals surface area contributed by atoms with E-state index < -0.39 is 5.54 Å². The minimum absolute atomic E-state index is 0.0500. The van der Waals surface area contributed by atoms with Crippen molar-refractivity contribution in [2.24, 2.45) is 0 Å². The van der Waals surface area contributed by atoms with E-state index in [9.17, 15) is 4.39 Å². The third kappa shape index (κ3) is 4.37. The fourth-order valence-corrected chi connectivity index (χ4v) is 5.53. The fraction of sp³-hybridized carbons (Fsp3) is 0.300. The van der Waals surface area contributed by atoms with Crippen LogP contribution >= 0.6 is 0 Å². The zero-order valence-electron chi connectivity index (χ0n) is 21.3. The SMILES string of the molecule is CCOc1ccc(CN2Cc3nc(-c4cccc(F)c4)c(N)n3C(C)(C)C2c2ccc(C)cc2)cc1. The van der Waals surface area contributed by atoms with Crippen LogP contribution < -0.4 is 10.5 Å². The molecule has 0 saturated carbocycles. The standard InChI is InChI=1S/C30H33FN4O/c1-5-36-25-15-11-21(12-16-25)18-34-19-26-33-27(23-7-6-8-24(31)17-23)29(32)35(26)30(3,4)28(34)22-13-9-20(2)10-14-22/h6-17,28H,5,18-19,32H2,1-4H3. The molecule has 0 saturated heterocycles. The number of hydrogen-bond donors (Lipinski definition) is 1. The summed E-state index contributed by atoms with van der Waals surface area (Å²) in [6.07, 6.45) is 0. The number of nitrogens with zero attached hydrogens (tertiary/aromatic N) is 3. The number of nitrogen functional groups attached to an aromatic ring is 1. The Hall–Kier alpha value is -3.64. The summed E-state index contributed by atoms with van der Waals surface area (Å²) < 4.78 is 21.8. The molecule has 0 fully saturated rings. The molecule has 0 spiro atoms. The minimum atomic E-state index is -0.406. The molecule has 5 rings (SSSR count). The van der Waals surface area contributed by atoms with Gasteiger partial charge in [0.25, 0.3) is 0 Å². The third-order valence-corrected chi connectivity index (χ3v) is 7.05. The predicted molar refractivity (Wildman–Crippen MR) is 142 cm³/mol. The van der Waals surface area contributed by atoms with Gasteiger partial charge in [-0.1, -0.05) is 54.1 Å². The van der Waals surface area contributed by atoms with Crippen LogP contribution in [0.5, 0.6) is 5.75 Å². The molecule has 2 N–H and O–H groups in total. The fourth-order valence-electron chi connectivity index (χ4n) is 5.53. The predicted octanol–water partition coefficient (Wildman–Crippen LogP) is 6.47. The van der Waals surface area contributed by atoms with E-state index in [-0.39, 0.29) is 11.9 Å². The van der Waals surface area contributed by atoms with Crippen LogP contribution in [0.2, 0.25) is 0 Å². The molecule has 0 amide bonds. The zero-order valence-corrected chi connectivity index (χ0v) is 21.3. The molecule has 1 aliphatic heterocycles. The molecule has 3 aromatic carbocycles. The zero-order chi connectivity index (χ0) is 25.4. The summed E-state index contributed by atoms with van der Waals surface area (Å²) in [4.78, 5) is 7.40. The smallest absolute Gasteiger partial charge is 0.132 e. The first-order valence-corrected chi connectivity index (χ1v) is 12.4. The van der Waals surface area contributed by atoms with Crippen molar-refractivity contribution in [2.45, 2.75) is 52.4 Å². The second-order valence-electron chi connectivity index (χ2n) is 10.1. The van der Waals surface area contributed by atoms with Crippen LogP contribution in [0.3, 0.4) is 0 Å². The number of anilines is 1. The molecule has 6 heteroatoms. The number of benzene rings is 3. The lowest BCUT2D eigenvalue weighted by Gasteiger charge is -2.48.